The summed E-state index contributed by atoms with van der Waals surface area (Å²) in [6.07, 6.45) is 32.6. The number of ether oxygens (including phenoxy) is 2. The van der Waals surface area contributed by atoms with E-state index < -0.39 is 66.2 Å². The summed E-state index contributed by atoms with van der Waals surface area (Å²) in [5.74, 6) is -0.660. The van der Waals surface area contributed by atoms with Gasteiger partial charge in [0.2, 0.25) is 0 Å². The number of ketones is 1. The van der Waals surface area contributed by atoms with Crippen molar-refractivity contribution in [3.63, 3.8) is 0 Å². The third-order valence-electron chi connectivity index (χ3n) is 9.23. The van der Waals surface area contributed by atoms with Gasteiger partial charge in [-0.15, -0.1) is 0 Å². The van der Waals surface area contributed by atoms with Crippen LogP contribution in [0, 0.1) is 5.92 Å². The number of rotatable bonds is 40. The second-order valence-electron chi connectivity index (χ2n) is 14.9. The van der Waals surface area contributed by atoms with Crippen LogP contribution >= 0.6 is 15.6 Å². The summed E-state index contributed by atoms with van der Waals surface area (Å²) in [7, 11) is -9.76. The van der Waals surface area contributed by atoms with Gasteiger partial charge in [-0.25, -0.2) is 9.13 Å². The summed E-state index contributed by atoms with van der Waals surface area (Å²) < 4.78 is 47.5. The zero-order valence-electron chi connectivity index (χ0n) is 36.0. The maximum Gasteiger partial charge on any atom is 0.472 e. The van der Waals surface area contributed by atoms with Crippen LogP contribution < -0.4 is 0 Å². The highest BCUT2D eigenvalue weighted by Crippen LogP contribution is 2.43. The van der Waals surface area contributed by atoms with Crippen molar-refractivity contribution < 1.29 is 66.3 Å². The lowest BCUT2D eigenvalue weighted by Gasteiger charge is -2.20. The second kappa shape index (κ2) is 37.5. The number of hydrogen-bond donors (Lipinski definition) is 4. The monoisotopic (exact) mass is 878 g/mol. The van der Waals surface area contributed by atoms with Gasteiger partial charge in [0.15, 0.2) is 11.9 Å². The van der Waals surface area contributed by atoms with Crippen molar-refractivity contribution in [3.05, 3.63) is 48.6 Å². The summed E-state index contributed by atoms with van der Waals surface area (Å²) in [4.78, 5) is 64.9. The maximum atomic E-state index is 12.6. The van der Waals surface area contributed by atoms with Gasteiger partial charge < -0.3 is 29.3 Å². The fourth-order valence-corrected chi connectivity index (χ4v) is 6.67. The Balaban J connectivity index is 4.74. The summed E-state index contributed by atoms with van der Waals surface area (Å²) in [6, 6.07) is 0. The predicted octanol–water partition coefficient (Wildman–Crippen LogP) is 10.1. The molecule has 0 amide bonds. The fourth-order valence-electron chi connectivity index (χ4n) is 5.51. The van der Waals surface area contributed by atoms with Gasteiger partial charge in [-0.1, -0.05) is 147 Å². The van der Waals surface area contributed by atoms with Crippen molar-refractivity contribution in [1.82, 2.24) is 0 Å². The smallest absolute Gasteiger partial charge is 0.462 e. The predicted molar refractivity (Wildman–Crippen MR) is 230 cm³/mol. The van der Waals surface area contributed by atoms with E-state index in [4.69, 9.17) is 23.8 Å². The summed E-state index contributed by atoms with van der Waals surface area (Å²) in [5, 5.41) is 9.73. The van der Waals surface area contributed by atoms with Crippen LogP contribution in [0.4, 0.5) is 0 Å². The number of esters is 2. The first-order chi connectivity index (χ1) is 28.2. The largest absolute Gasteiger partial charge is 0.472 e. The Labute approximate surface area is 354 Å². The molecule has 0 aliphatic heterocycles. The molecule has 14 nitrogen and oxygen atoms in total. The van der Waals surface area contributed by atoms with Gasteiger partial charge in [-0.2, -0.15) is 0 Å². The number of carbonyl (C=O) groups excluding carboxylic acids is 3. The normalized spacial score (nSPS) is 15.0. The molecule has 342 valence electrons. The van der Waals surface area contributed by atoms with Crippen molar-refractivity contribution in [2.45, 2.75) is 174 Å². The molecule has 0 fully saturated rings. The van der Waals surface area contributed by atoms with Crippen LogP contribution in [0.3, 0.4) is 0 Å². The number of phosphoric ester groups is 2. The van der Waals surface area contributed by atoms with Gasteiger partial charge in [0, 0.05) is 19.3 Å². The molecular formula is C43H76O14P2. The lowest BCUT2D eigenvalue weighted by molar-refractivity contribution is -0.161. The molecule has 0 aromatic carbocycles. The molecule has 0 saturated carbocycles. The minimum Gasteiger partial charge on any atom is -0.462 e. The minimum atomic E-state index is -4.89. The Morgan fingerprint density at radius 1 is 0.610 bits per heavy atom. The summed E-state index contributed by atoms with van der Waals surface area (Å²) in [5.41, 5.74) is 0. The molecule has 0 aromatic heterocycles. The molecule has 59 heavy (non-hydrogen) atoms. The van der Waals surface area contributed by atoms with Crippen molar-refractivity contribution in [2.24, 2.45) is 5.92 Å². The lowest BCUT2D eigenvalue weighted by atomic mass is 9.99. The maximum absolute atomic E-state index is 12.6. The van der Waals surface area contributed by atoms with E-state index in [9.17, 15) is 33.5 Å². The number of hydrogen-bond acceptors (Lipinski definition) is 11. The number of unbranched alkanes of at least 4 members (excludes halogenated alkanes) is 12. The first-order valence-corrected chi connectivity index (χ1v) is 24.7. The summed E-state index contributed by atoms with van der Waals surface area (Å²) >= 11 is 0. The molecule has 16 heteroatoms. The van der Waals surface area contributed by atoms with Gasteiger partial charge in [0.05, 0.1) is 19.8 Å². The summed E-state index contributed by atoms with van der Waals surface area (Å²) in [6.45, 7) is 3.77. The van der Waals surface area contributed by atoms with E-state index in [2.05, 4.69) is 54.1 Å². The van der Waals surface area contributed by atoms with E-state index in [0.717, 1.165) is 44.4 Å². The highest BCUT2D eigenvalue weighted by molar-refractivity contribution is 7.47. The topological polar surface area (TPSA) is 212 Å². The van der Waals surface area contributed by atoms with E-state index >= 15 is 0 Å². The molecule has 0 heterocycles. The van der Waals surface area contributed by atoms with Crippen LogP contribution in [-0.4, -0.2) is 76.1 Å². The number of aliphatic hydroxyl groups is 1. The van der Waals surface area contributed by atoms with Crippen LogP contribution in [0.5, 0.6) is 0 Å². The molecule has 0 aliphatic carbocycles. The Morgan fingerprint density at radius 2 is 1.19 bits per heavy atom. The quantitative estimate of drug-likeness (QED) is 0.0113. The third-order valence-corrected chi connectivity index (χ3v) is 10.7. The van der Waals surface area contributed by atoms with Crippen LogP contribution in [0.15, 0.2) is 48.6 Å². The van der Waals surface area contributed by atoms with Gasteiger partial charge in [0.1, 0.15) is 12.7 Å². The van der Waals surface area contributed by atoms with Gasteiger partial charge in [-0.05, 0) is 50.5 Å². The molecule has 4 atom stereocenters. The Hall–Kier alpha value is -2.25. The molecule has 0 radical (unpaired) electrons. The van der Waals surface area contributed by atoms with Crippen molar-refractivity contribution in [1.29, 1.82) is 0 Å². The molecule has 0 saturated heterocycles. The second-order valence-corrected chi connectivity index (χ2v) is 17.6. The van der Waals surface area contributed by atoms with Crippen molar-refractivity contribution >= 4 is 33.4 Å². The molecule has 0 aromatic rings. The molecular weight excluding hydrogens is 802 g/mol. The Bertz CT molecular complexity index is 1310. The minimum absolute atomic E-state index is 0.0757. The van der Waals surface area contributed by atoms with E-state index in [1.54, 1.807) is 12.2 Å². The fraction of sp³-hybridized carbons (Fsp3) is 0.744. The number of phosphoric acid groups is 2. The van der Waals surface area contributed by atoms with E-state index in [0.29, 0.717) is 6.42 Å². The number of aliphatic hydroxyl groups excluding tert-OH is 1. The Morgan fingerprint density at radius 3 is 1.83 bits per heavy atom. The molecule has 2 unspecified atom stereocenters. The number of allylic oxidation sites excluding steroid dienone is 8. The molecule has 0 bridgehead atoms. The highest BCUT2D eigenvalue weighted by atomic mass is 31.2. The van der Waals surface area contributed by atoms with E-state index in [-0.39, 0.29) is 31.5 Å². The van der Waals surface area contributed by atoms with Crippen molar-refractivity contribution in [3.8, 4) is 0 Å². The van der Waals surface area contributed by atoms with Gasteiger partial charge >= 0.3 is 27.6 Å². The average molecular weight is 879 g/mol. The van der Waals surface area contributed by atoms with Gasteiger partial charge in [0.25, 0.3) is 0 Å². The average Bonchev–Trinajstić information content (AvgIpc) is 3.19. The van der Waals surface area contributed by atoms with Gasteiger partial charge in [-0.3, -0.25) is 28.0 Å². The standard InChI is InChI=1S/C43H76O14P2/c1-4-6-7-8-9-10-11-12-13-17-20-23-26-30-39(44)31-28-33-43(47)57-41(37-56-59(51,52)55-35-40(45)34-54-58(48,49)50)36-53-42(46)32-27-24-21-18-15-14-16-19-22-25-29-38(3)5-2/h9-10,12-13,20,23,26,30,38,40-41,45H,4-8,11,14-19,21-22,24-25,27-29,31-37H2,1-3H3,(H,51,52)(H2,48,49,50)/b10-9-,13-12-,23-20-,30-26+/t38?,40-,41+/m0/s1. The molecule has 0 aliphatic rings. The molecule has 4 N–H and O–H groups in total. The SMILES string of the molecule is CCCCC/C=C\C/C=C\C/C=C\C=C\C(=O)CCCC(=O)O[C@H](COC(=O)CCCCCCCCCCCCC(C)CC)COP(=O)(O)OC[C@@H](O)COP(=O)(O)O. The zero-order valence-corrected chi connectivity index (χ0v) is 37.8. The zero-order chi connectivity index (χ0) is 44.0. The number of carbonyl (C=O) groups is 3. The molecule has 0 rings (SSSR count). The van der Waals surface area contributed by atoms with Crippen LogP contribution in [-0.2, 0) is 46.6 Å². The van der Waals surface area contributed by atoms with Crippen LogP contribution in [0.2, 0.25) is 0 Å². The first-order valence-electron chi connectivity index (χ1n) is 21.7. The highest BCUT2D eigenvalue weighted by Gasteiger charge is 2.28. The first kappa shape index (κ1) is 56.8. The molecule has 0 spiro atoms. The van der Waals surface area contributed by atoms with Crippen LogP contribution in [0.25, 0.3) is 0 Å². The third kappa shape index (κ3) is 40.9. The van der Waals surface area contributed by atoms with E-state index in [1.807, 2.05) is 6.08 Å². The van der Waals surface area contributed by atoms with E-state index in [1.165, 1.54) is 76.7 Å². The Kier molecular flexibility index (Phi) is 36.1. The lowest BCUT2D eigenvalue weighted by Crippen LogP contribution is -2.30. The van der Waals surface area contributed by atoms with Crippen LogP contribution in [0.1, 0.15) is 162 Å². The van der Waals surface area contributed by atoms with Crippen molar-refractivity contribution in [2.75, 3.05) is 26.4 Å².